The lowest BCUT2D eigenvalue weighted by Gasteiger charge is -2.13. The summed E-state index contributed by atoms with van der Waals surface area (Å²) in [7, 11) is 0. The number of tetrazole rings is 1. The van der Waals surface area contributed by atoms with Gasteiger partial charge < -0.3 is 5.32 Å². The number of carbonyl (C=O) groups excluding carboxylic acids is 2. The van der Waals surface area contributed by atoms with Crippen LogP contribution in [0.4, 0.5) is 4.79 Å². The molecular formula is C16H22N6O2S. The monoisotopic (exact) mass is 362 g/mol. The quantitative estimate of drug-likeness (QED) is 0.789. The second kappa shape index (κ2) is 8.11. The van der Waals surface area contributed by atoms with Crippen molar-refractivity contribution in [3.8, 4) is 5.69 Å². The number of hydrogen-bond acceptors (Lipinski definition) is 6. The van der Waals surface area contributed by atoms with Crippen LogP contribution < -0.4 is 10.6 Å². The van der Waals surface area contributed by atoms with Crippen LogP contribution in [0.15, 0.2) is 23.4 Å². The van der Waals surface area contributed by atoms with Gasteiger partial charge in [0.1, 0.15) is 0 Å². The number of rotatable bonds is 5. The number of nitrogens with one attached hydrogen (secondary N) is 2. The lowest BCUT2D eigenvalue weighted by Crippen LogP contribution is -2.45. The van der Waals surface area contributed by atoms with Crippen LogP contribution in [0.5, 0.6) is 0 Å². The van der Waals surface area contributed by atoms with Gasteiger partial charge in [-0.1, -0.05) is 17.8 Å². The zero-order chi connectivity index (χ0) is 18.6. The molecule has 134 valence electrons. The van der Waals surface area contributed by atoms with Gasteiger partial charge in [-0.25, -0.2) is 4.79 Å². The standard InChI is InChI=1S/C16H22N6O2S/c1-9(2)17-15(24)18-14(23)12(5)25-16-19-20-21-22(16)13-7-10(3)6-11(4)8-13/h6-9,12H,1-5H3,(H2,17,18,23,24)/t12-/m0/s1. The summed E-state index contributed by atoms with van der Waals surface area (Å²) in [4.78, 5) is 23.8. The molecule has 0 bridgehead atoms. The molecule has 25 heavy (non-hydrogen) atoms. The number of thioether (sulfide) groups is 1. The van der Waals surface area contributed by atoms with Crippen LogP contribution in [0.1, 0.15) is 31.9 Å². The van der Waals surface area contributed by atoms with E-state index in [1.807, 2.05) is 39.8 Å². The van der Waals surface area contributed by atoms with Crippen LogP contribution in [0, 0.1) is 13.8 Å². The maximum absolute atomic E-state index is 12.1. The van der Waals surface area contributed by atoms with Gasteiger partial charge in [-0.2, -0.15) is 4.68 Å². The van der Waals surface area contributed by atoms with Crippen LogP contribution in [-0.4, -0.2) is 43.4 Å². The normalized spacial score (nSPS) is 12.1. The number of aryl methyl sites for hydroxylation is 2. The highest BCUT2D eigenvalue weighted by Gasteiger charge is 2.21. The topological polar surface area (TPSA) is 102 Å². The minimum absolute atomic E-state index is 0.0485. The van der Waals surface area contributed by atoms with Crippen molar-refractivity contribution in [3.05, 3.63) is 29.3 Å². The van der Waals surface area contributed by atoms with Crippen LogP contribution in [0.3, 0.4) is 0 Å². The molecule has 0 aliphatic rings. The van der Waals surface area contributed by atoms with Gasteiger partial charge in [-0.15, -0.1) is 5.10 Å². The van der Waals surface area contributed by atoms with Crippen molar-refractivity contribution in [1.29, 1.82) is 0 Å². The Bertz CT molecular complexity index is 753. The highest BCUT2D eigenvalue weighted by molar-refractivity contribution is 8.00. The van der Waals surface area contributed by atoms with E-state index in [4.69, 9.17) is 0 Å². The summed E-state index contributed by atoms with van der Waals surface area (Å²) in [5.74, 6) is -0.405. The Balaban J connectivity index is 2.10. The molecule has 2 aromatic rings. The molecule has 1 aromatic heterocycles. The molecule has 8 nitrogen and oxygen atoms in total. The summed E-state index contributed by atoms with van der Waals surface area (Å²) >= 11 is 1.19. The van der Waals surface area contributed by atoms with Gasteiger partial charge in [-0.3, -0.25) is 10.1 Å². The first-order valence-corrected chi connectivity index (χ1v) is 8.79. The molecule has 0 aliphatic carbocycles. The molecule has 3 amide bonds. The molecular weight excluding hydrogens is 340 g/mol. The Hall–Kier alpha value is -2.42. The molecule has 0 aliphatic heterocycles. The summed E-state index contributed by atoms with van der Waals surface area (Å²) < 4.78 is 1.59. The molecule has 1 heterocycles. The Morgan fingerprint density at radius 1 is 1.12 bits per heavy atom. The highest BCUT2D eigenvalue weighted by Crippen LogP contribution is 2.23. The van der Waals surface area contributed by atoms with Gasteiger partial charge in [0, 0.05) is 6.04 Å². The molecule has 2 N–H and O–H groups in total. The smallest absolute Gasteiger partial charge is 0.321 e. The Kier molecular flexibility index (Phi) is 6.13. The van der Waals surface area contributed by atoms with Gasteiger partial charge in [-0.05, 0) is 68.3 Å². The number of carbonyl (C=O) groups is 2. The third-order valence-electron chi connectivity index (χ3n) is 3.20. The lowest BCUT2D eigenvalue weighted by molar-refractivity contribution is -0.119. The van der Waals surface area contributed by atoms with E-state index >= 15 is 0 Å². The fourth-order valence-electron chi connectivity index (χ4n) is 2.21. The van der Waals surface area contributed by atoms with Crippen molar-refractivity contribution >= 4 is 23.7 Å². The first kappa shape index (κ1) is 18.9. The molecule has 0 unspecified atom stereocenters. The Morgan fingerprint density at radius 2 is 1.76 bits per heavy atom. The van der Waals surface area contributed by atoms with Crippen molar-refractivity contribution < 1.29 is 9.59 Å². The molecule has 9 heteroatoms. The van der Waals surface area contributed by atoms with E-state index in [1.54, 1.807) is 11.6 Å². The maximum Gasteiger partial charge on any atom is 0.321 e. The number of amides is 3. The van der Waals surface area contributed by atoms with E-state index in [2.05, 4.69) is 32.2 Å². The number of imide groups is 1. The van der Waals surface area contributed by atoms with E-state index in [9.17, 15) is 9.59 Å². The second-order valence-electron chi connectivity index (χ2n) is 6.10. The molecule has 0 spiro atoms. The fourth-order valence-corrected chi connectivity index (χ4v) is 3.02. The summed E-state index contributed by atoms with van der Waals surface area (Å²) in [5.41, 5.74) is 3.02. The van der Waals surface area contributed by atoms with E-state index < -0.39 is 17.2 Å². The van der Waals surface area contributed by atoms with Crippen LogP contribution in [0.2, 0.25) is 0 Å². The van der Waals surface area contributed by atoms with Crippen molar-refractivity contribution in [2.75, 3.05) is 0 Å². The predicted octanol–water partition coefficient (Wildman–Crippen LogP) is 1.99. The van der Waals surface area contributed by atoms with Gasteiger partial charge in [0.2, 0.25) is 11.1 Å². The first-order valence-electron chi connectivity index (χ1n) is 7.91. The van der Waals surface area contributed by atoms with Crippen molar-refractivity contribution in [2.45, 2.75) is 51.1 Å². The van der Waals surface area contributed by atoms with E-state index in [0.29, 0.717) is 5.16 Å². The number of aromatic nitrogens is 4. The zero-order valence-corrected chi connectivity index (χ0v) is 15.7. The van der Waals surface area contributed by atoms with Gasteiger partial charge in [0.25, 0.3) is 0 Å². The number of benzene rings is 1. The second-order valence-corrected chi connectivity index (χ2v) is 7.40. The van der Waals surface area contributed by atoms with E-state index in [1.165, 1.54) is 11.8 Å². The largest absolute Gasteiger partial charge is 0.336 e. The molecule has 2 rings (SSSR count). The number of nitrogens with zero attached hydrogens (tertiary/aromatic N) is 4. The van der Waals surface area contributed by atoms with Crippen molar-refractivity contribution in [2.24, 2.45) is 0 Å². The third kappa shape index (κ3) is 5.28. The lowest BCUT2D eigenvalue weighted by atomic mass is 10.1. The Morgan fingerprint density at radius 3 is 2.36 bits per heavy atom. The van der Waals surface area contributed by atoms with Crippen LogP contribution in [0.25, 0.3) is 5.69 Å². The van der Waals surface area contributed by atoms with Crippen molar-refractivity contribution in [3.63, 3.8) is 0 Å². The summed E-state index contributed by atoms with van der Waals surface area (Å²) in [6.45, 7) is 9.33. The predicted molar refractivity (Wildman–Crippen MR) is 95.8 cm³/mol. The minimum Gasteiger partial charge on any atom is -0.336 e. The maximum atomic E-state index is 12.1. The third-order valence-corrected chi connectivity index (χ3v) is 4.23. The van der Waals surface area contributed by atoms with Gasteiger partial charge in [0.05, 0.1) is 10.9 Å². The van der Waals surface area contributed by atoms with Gasteiger partial charge in [0.15, 0.2) is 0 Å². The SMILES string of the molecule is Cc1cc(C)cc(-n2nnnc2S[C@@H](C)C(=O)NC(=O)NC(C)C)c1. The summed E-state index contributed by atoms with van der Waals surface area (Å²) in [6, 6.07) is 5.43. The summed E-state index contributed by atoms with van der Waals surface area (Å²) in [6.07, 6.45) is 0. The van der Waals surface area contributed by atoms with E-state index in [-0.39, 0.29) is 6.04 Å². The highest BCUT2D eigenvalue weighted by atomic mass is 32.2. The average Bonchev–Trinajstić information content (AvgIpc) is 2.93. The fraction of sp³-hybridized carbons (Fsp3) is 0.438. The molecule has 0 saturated heterocycles. The average molecular weight is 362 g/mol. The summed E-state index contributed by atoms with van der Waals surface area (Å²) in [5, 5.41) is 16.6. The molecule has 0 fully saturated rings. The number of hydrogen-bond donors (Lipinski definition) is 2. The molecule has 1 aromatic carbocycles. The Labute approximate surface area is 150 Å². The molecule has 0 saturated carbocycles. The van der Waals surface area contributed by atoms with Crippen LogP contribution >= 0.6 is 11.8 Å². The molecule has 1 atom stereocenters. The van der Waals surface area contributed by atoms with Crippen molar-refractivity contribution in [1.82, 2.24) is 30.8 Å². The zero-order valence-electron chi connectivity index (χ0n) is 14.9. The van der Waals surface area contributed by atoms with E-state index in [0.717, 1.165) is 16.8 Å². The van der Waals surface area contributed by atoms with Crippen LogP contribution in [-0.2, 0) is 4.79 Å². The first-order chi connectivity index (χ1) is 11.8. The number of urea groups is 1. The van der Waals surface area contributed by atoms with Gasteiger partial charge >= 0.3 is 6.03 Å². The molecule has 0 radical (unpaired) electrons. The minimum atomic E-state index is -0.534.